The van der Waals surface area contributed by atoms with Gasteiger partial charge in [0.2, 0.25) is 15.9 Å². The number of fused-ring (bicyclic) bond motifs is 1. The molecule has 0 fully saturated rings. The highest BCUT2D eigenvalue weighted by Gasteiger charge is 2.27. The van der Waals surface area contributed by atoms with Gasteiger partial charge in [-0.3, -0.25) is 9.59 Å². The van der Waals surface area contributed by atoms with Gasteiger partial charge in [0.25, 0.3) is 0 Å². The van der Waals surface area contributed by atoms with Crippen molar-refractivity contribution < 1.29 is 22.7 Å². The van der Waals surface area contributed by atoms with Gasteiger partial charge in [0.15, 0.2) is 0 Å². The van der Waals surface area contributed by atoms with Crippen molar-refractivity contribution in [1.82, 2.24) is 4.72 Å². The molecule has 1 amide bonds. The maximum Gasteiger partial charge on any atom is 0.320 e. The Kier molecular flexibility index (Phi) is 4.74. The van der Waals surface area contributed by atoms with Crippen LogP contribution in [0.3, 0.4) is 0 Å². The largest absolute Gasteiger partial charge is 0.468 e. The number of halogens is 1. The van der Waals surface area contributed by atoms with E-state index in [1.54, 1.807) is 0 Å². The molecule has 1 heterocycles. The van der Waals surface area contributed by atoms with Crippen molar-refractivity contribution in [3.05, 3.63) is 22.7 Å². The van der Waals surface area contributed by atoms with Gasteiger partial charge in [-0.15, -0.1) is 0 Å². The number of methoxy groups -OCH3 is 1. The molecule has 22 heavy (non-hydrogen) atoms. The van der Waals surface area contributed by atoms with Gasteiger partial charge < -0.3 is 9.64 Å². The Morgan fingerprint density at radius 3 is 2.68 bits per heavy atom. The summed E-state index contributed by atoms with van der Waals surface area (Å²) in [5.74, 6) is -0.891. The molecule has 0 bridgehead atoms. The number of ether oxygens (including phenoxy) is 1. The van der Waals surface area contributed by atoms with Crippen LogP contribution in [0.25, 0.3) is 0 Å². The van der Waals surface area contributed by atoms with Crippen molar-refractivity contribution in [2.45, 2.75) is 18.2 Å². The summed E-state index contributed by atoms with van der Waals surface area (Å²) in [5, 5.41) is 0.0431. The van der Waals surface area contributed by atoms with Gasteiger partial charge in [0.1, 0.15) is 11.4 Å². The smallest absolute Gasteiger partial charge is 0.320 e. The molecule has 1 N–H and O–H groups in total. The highest BCUT2D eigenvalue weighted by Crippen LogP contribution is 2.35. The summed E-state index contributed by atoms with van der Waals surface area (Å²) in [5.41, 5.74) is 1.34. The molecule has 0 spiro atoms. The first-order valence-corrected chi connectivity index (χ1v) is 8.29. The van der Waals surface area contributed by atoms with Crippen LogP contribution < -0.4 is 9.62 Å². The van der Waals surface area contributed by atoms with Crippen LogP contribution >= 0.6 is 11.6 Å². The van der Waals surface area contributed by atoms with Gasteiger partial charge in [-0.05, 0) is 24.1 Å². The molecule has 0 aromatic heterocycles. The van der Waals surface area contributed by atoms with Crippen molar-refractivity contribution in [2.24, 2.45) is 0 Å². The van der Waals surface area contributed by atoms with E-state index in [1.807, 2.05) is 0 Å². The zero-order chi connectivity index (χ0) is 16.5. The Balaban J connectivity index is 2.38. The topological polar surface area (TPSA) is 92.8 Å². The lowest BCUT2D eigenvalue weighted by Crippen LogP contribution is -2.31. The van der Waals surface area contributed by atoms with Crippen LogP contribution in [0.4, 0.5) is 5.69 Å². The second-order valence-corrected chi connectivity index (χ2v) is 6.88. The number of hydrogen-bond acceptors (Lipinski definition) is 5. The molecule has 0 radical (unpaired) electrons. The predicted molar refractivity (Wildman–Crippen MR) is 80.4 cm³/mol. The fourth-order valence-corrected chi connectivity index (χ4v) is 3.76. The summed E-state index contributed by atoms with van der Waals surface area (Å²) in [7, 11) is -2.83. The summed E-state index contributed by atoms with van der Waals surface area (Å²) in [4.78, 5) is 24.0. The van der Waals surface area contributed by atoms with E-state index in [1.165, 1.54) is 24.0 Å². The number of amides is 1. The quantitative estimate of drug-likeness (QED) is 0.810. The second-order valence-electron chi connectivity index (χ2n) is 4.73. The third-order valence-corrected chi connectivity index (χ3v) is 5.20. The number of nitrogens with one attached hydrogen (secondary N) is 1. The van der Waals surface area contributed by atoms with Crippen molar-refractivity contribution in [1.29, 1.82) is 0 Å². The Labute approximate surface area is 133 Å². The van der Waals surface area contributed by atoms with E-state index in [4.69, 9.17) is 11.6 Å². The molecular weight excluding hydrogens is 332 g/mol. The van der Waals surface area contributed by atoms with Gasteiger partial charge in [-0.2, -0.15) is 4.72 Å². The lowest BCUT2D eigenvalue weighted by Gasteiger charge is -2.16. The molecule has 0 atom stereocenters. The maximum absolute atomic E-state index is 12.2. The first kappa shape index (κ1) is 16.7. The molecule has 1 aromatic carbocycles. The predicted octanol–water partition coefficient (Wildman–Crippen LogP) is 0.700. The lowest BCUT2D eigenvalue weighted by atomic mass is 10.2. The standard InChI is InChI=1S/C13H15ClN2O5S/c1-8(17)16-4-3-9-5-10(14)12(6-11(9)16)22(19,20)15-7-13(18)21-2/h5-6,15H,3-4,7H2,1-2H3. The molecule has 1 aromatic rings. The maximum atomic E-state index is 12.2. The van der Waals surface area contributed by atoms with Crippen LogP contribution in [0.2, 0.25) is 5.02 Å². The fourth-order valence-electron chi connectivity index (χ4n) is 2.22. The van der Waals surface area contributed by atoms with Gasteiger partial charge in [-0.1, -0.05) is 11.6 Å². The summed E-state index contributed by atoms with van der Waals surface area (Å²) < 4.78 is 31.0. The molecule has 9 heteroatoms. The molecule has 0 unspecified atom stereocenters. The van der Waals surface area contributed by atoms with Gasteiger partial charge >= 0.3 is 5.97 Å². The highest BCUT2D eigenvalue weighted by atomic mass is 35.5. The van der Waals surface area contributed by atoms with Crippen molar-refractivity contribution in [2.75, 3.05) is 25.1 Å². The van der Waals surface area contributed by atoms with Crippen LogP contribution in [0.15, 0.2) is 17.0 Å². The van der Waals surface area contributed by atoms with Gasteiger partial charge in [0.05, 0.1) is 12.1 Å². The van der Waals surface area contributed by atoms with Crippen LogP contribution in [-0.2, 0) is 30.8 Å². The number of nitrogens with zero attached hydrogens (tertiary/aromatic N) is 1. The average Bonchev–Trinajstić information content (AvgIpc) is 2.86. The van der Waals surface area contributed by atoms with E-state index in [0.29, 0.717) is 18.7 Å². The van der Waals surface area contributed by atoms with Crippen molar-refractivity contribution in [3.8, 4) is 0 Å². The molecule has 0 aliphatic carbocycles. The number of rotatable bonds is 4. The number of hydrogen-bond donors (Lipinski definition) is 1. The summed E-state index contributed by atoms with van der Waals surface area (Å²) in [6.07, 6.45) is 0.616. The van der Waals surface area contributed by atoms with E-state index in [0.717, 1.165) is 12.7 Å². The van der Waals surface area contributed by atoms with Crippen LogP contribution in [-0.4, -0.2) is 40.5 Å². The Bertz CT molecular complexity index is 732. The first-order chi connectivity index (χ1) is 10.3. The highest BCUT2D eigenvalue weighted by molar-refractivity contribution is 7.89. The Morgan fingerprint density at radius 1 is 1.41 bits per heavy atom. The van der Waals surface area contributed by atoms with Gasteiger partial charge in [0, 0.05) is 19.2 Å². The molecule has 7 nitrogen and oxygen atoms in total. The Hall–Kier alpha value is -1.64. The Morgan fingerprint density at radius 2 is 2.09 bits per heavy atom. The minimum atomic E-state index is -3.99. The monoisotopic (exact) mass is 346 g/mol. The SMILES string of the molecule is COC(=O)CNS(=O)(=O)c1cc2c(cc1Cl)CCN2C(C)=O. The van der Waals surface area contributed by atoms with E-state index < -0.39 is 22.5 Å². The molecule has 2 rings (SSSR count). The number of sulfonamides is 1. The summed E-state index contributed by atoms with van der Waals surface area (Å²) in [6.45, 7) is 1.40. The zero-order valence-electron chi connectivity index (χ0n) is 12.1. The molecule has 0 saturated heterocycles. The minimum absolute atomic E-state index is 0.0431. The van der Waals surface area contributed by atoms with E-state index in [2.05, 4.69) is 9.46 Å². The number of carbonyl (C=O) groups is 2. The molecule has 0 saturated carbocycles. The molecule has 120 valence electrons. The van der Waals surface area contributed by atoms with Crippen LogP contribution in [0, 0.1) is 0 Å². The third-order valence-electron chi connectivity index (χ3n) is 3.33. The summed E-state index contributed by atoms with van der Waals surface area (Å²) in [6, 6.07) is 2.89. The minimum Gasteiger partial charge on any atom is -0.468 e. The van der Waals surface area contributed by atoms with Crippen molar-refractivity contribution in [3.63, 3.8) is 0 Å². The first-order valence-electron chi connectivity index (χ1n) is 6.43. The van der Waals surface area contributed by atoms with Crippen LogP contribution in [0.5, 0.6) is 0 Å². The van der Waals surface area contributed by atoms with E-state index in [9.17, 15) is 18.0 Å². The zero-order valence-corrected chi connectivity index (χ0v) is 13.6. The van der Waals surface area contributed by atoms with Crippen LogP contribution in [0.1, 0.15) is 12.5 Å². The molecule has 1 aliphatic rings. The normalized spacial score (nSPS) is 13.9. The van der Waals surface area contributed by atoms with E-state index >= 15 is 0 Å². The average molecular weight is 347 g/mol. The van der Waals surface area contributed by atoms with Crippen molar-refractivity contribution >= 4 is 39.2 Å². The lowest BCUT2D eigenvalue weighted by molar-refractivity contribution is -0.139. The number of esters is 1. The van der Waals surface area contributed by atoms with E-state index in [-0.39, 0.29) is 15.8 Å². The number of carbonyl (C=O) groups excluding carboxylic acids is 2. The fraction of sp³-hybridized carbons (Fsp3) is 0.385. The second kappa shape index (κ2) is 6.23. The summed E-state index contributed by atoms with van der Waals surface area (Å²) >= 11 is 6.03. The molecule has 1 aliphatic heterocycles. The number of anilines is 1. The number of benzene rings is 1. The molecular formula is C13H15ClN2O5S. The third kappa shape index (κ3) is 3.23. The van der Waals surface area contributed by atoms with Gasteiger partial charge in [-0.25, -0.2) is 8.42 Å².